The first kappa shape index (κ1) is 25.8. The van der Waals surface area contributed by atoms with Gasteiger partial charge in [-0.3, -0.25) is 4.90 Å². The molecule has 0 aromatic heterocycles. The molecule has 29 heavy (non-hydrogen) atoms. The molecule has 12 heteroatoms. The number of aliphatic imine (C=N–C) groups is 1. The maximum absolute atomic E-state index is 12.5. The molecule has 2 rings (SSSR count). The first-order valence-corrected chi connectivity index (χ1v) is 10.8. The number of nitrogens with zero attached hydrogens (tertiary/aromatic N) is 2. The molecular weight excluding hydrogens is 524 g/mol. The molecule has 0 atom stereocenters. The van der Waals surface area contributed by atoms with Crippen molar-refractivity contribution in [3.05, 3.63) is 29.8 Å². The molecule has 0 saturated carbocycles. The fourth-order valence-electron chi connectivity index (χ4n) is 2.67. The molecule has 1 aliphatic heterocycles. The second-order valence-electron chi connectivity index (χ2n) is 6.27. The molecule has 2 N–H and O–H groups in total. The minimum absolute atomic E-state index is 0. The molecule has 166 valence electrons. The second kappa shape index (κ2) is 11.8. The molecule has 1 aromatic rings. The minimum Gasteiger partial charge on any atom is -0.405 e. The summed E-state index contributed by atoms with van der Waals surface area (Å²) >= 11 is 0. The van der Waals surface area contributed by atoms with Gasteiger partial charge in [-0.2, -0.15) is 0 Å². The quantitative estimate of drug-likeness (QED) is 0.307. The van der Waals surface area contributed by atoms with Crippen LogP contribution in [0.15, 0.2) is 29.3 Å². The number of ether oxygens (including phenoxy) is 1. The lowest BCUT2D eigenvalue weighted by Crippen LogP contribution is -2.45. The van der Waals surface area contributed by atoms with Gasteiger partial charge < -0.3 is 15.4 Å². The van der Waals surface area contributed by atoms with E-state index in [0.717, 1.165) is 0 Å². The Kier molecular flexibility index (Phi) is 10.5. The average molecular weight is 550 g/mol. The van der Waals surface area contributed by atoms with Gasteiger partial charge in [0.2, 0.25) is 0 Å². The summed E-state index contributed by atoms with van der Waals surface area (Å²) in [6, 6.07) is 5.88. The second-order valence-corrected chi connectivity index (χ2v) is 8.57. The van der Waals surface area contributed by atoms with Crippen molar-refractivity contribution < 1.29 is 26.3 Å². The Morgan fingerprint density at radius 3 is 2.48 bits per heavy atom. The summed E-state index contributed by atoms with van der Waals surface area (Å²) in [6.45, 7) is 4.67. The van der Waals surface area contributed by atoms with E-state index < -0.39 is 16.2 Å². The highest BCUT2D eigenvalue weighted by Gasteiger charge is 2.31. The van der Waals surface area contributed by atoms with Crippen LogP contribution in [0.2, 0.25) is 0 Å². The Hall–Kier alpha value is -1.28. The van der Waals surface area contributed by atoms with Gasteiger partial charge in [0.1, 0.15) is 5.75 Å². The third kappa shape index (κ3) is 9.85. The van der Waals surface area contributed by atoms with Gasteiger partial charge in [0.05, 0.1) is 18.1 Å². The number of guanidine groups is 1. The smallest absolute Gasteiger partial charge is 0.405 e. The molecule has 0 bridgehead atoms. The number of benzene rings is 1. The molecule has 1 heterocycles. The van der Waals surface area contributed by atoms with Crippen LogP contribution < -0.4 is 15.4 Å². The summed E-state index contributed by atoms with van der Waals surface area (Å²) in [5, 5.41) is 6.14. The minimum atomic E-state index is -4.76. The van der Waals surface area contributed by atoms with Gasteiger partial charge in [-0.25, -0.2) is 13.4 Å². The van der Waals surface area contributed by atoms with Gasteiger partial charge in [0.25, 0.3) is 0 Å². The van der Waals surface area contributed by atoms with E-state index in [-0.39, 0.29) is 47.8 Å². The Morgan fingerprint density at radius 1 is 1.21 bits per heavy atom. The number of nitrogens with one attached hydrogen (secondary N) is 2. The fraction of sp³-hybridized carbons (Fsp3) is 0.588. The van der Waals surface area contributed by atoms with E-state index in [0.29, 0.717) is 44.2 Å². The third-order valence-corrected chi connectivity index (χ3v) is 5.72. The summed E-state index contributed by atoms with van der Waals surface area (Å²) in [7, 11) is -2.91. The Labute approximate surface area is 186 Å². The van der Waals surface area contributed by atoms with Crippen molar-refractivity contribution >= 4 is 39.8 Å². The van der Waals surface area contributed by atoms with Crippen molar-refractivity contribution in [1.82, 2.24) is 15.5 Å². The zero-order valence-electron chi connectivity index (χ0n) is 16.0. The number of sulfone groups is 1. The average Bonchev–Trinajstić information content (AvgIpc) is 2.61. The predicted octanol–water partition coefficient (Wildman–Crippen LogP) is 1.99. The van der Waals surface area contributed by atoms with E-state index in [9.17, 15) is 21.6 Å². The Balaban J connectivity index is 0.00000420. The van der Waals surface area contributed by atoms with Crippen molar-refractivity contribution in [2.75, 3.05) is 44.2 Å². The number of hydrogen-bond donors (Lipinski definition) is 2. The van der Waals surface area contributed by atoms with Crippen LogP contribution in [-0.2, 0) is 16.4 Å². The van der Waals surface area contributed by atoms with Crippen molar-refractivity contribution in [2.24, 2.45) is 4.99 Å². The number of hydrogen-bond acceptors (Lipinski definition) is 5. The van der Waals surface area contributed by atoms with Crippen LogP contribution in [0, 0.1) is 0 Å². The standard InChI is InChI=1S/C17H25F3N4O3S.HI/c1-2-21-16(22-7-8-24-9-11-28(25,26)12-10-24)23-13-14-5-3-4-6-15(14)27-17(18,19)20;/h3-6H,2,7-13H2,1H3,(H2,21,22,23);1H. The zero-order valence-corrected chi connectivity index (χ0v) is 19.2. The SMILES string of the molecule is CCNC(=NCc1ccccc1OC(F)(F)F)NCCN1CCS(=O)(=O)CC1.I. The molecule has 0 spiro atoms. The van der Waals surface area contributed by atoms with Crippen molar-refractivity contribution in [1.29, 1.82) is 0 Å². The van der Waals surface area contributed by atoms with Gasteiger partial charge in [0.15, 0.2) is 15.8 Å². The Bertz CT molecular complexity index is 761. The highest BCUT2D eigenvalue weighted by molar-refractivity contribution is 14.0. The van der Waals surface area contributed by atoms with Crippen LogP contribution in [0.25, 0.3) is 0 Å². The van der Waals surface area contributed by atoms with E-state index in [1.165, 1.54) is 18.2 Å². The van der Waals surface area contributed by atoms with Crippen molar-refractivity contribution in [2.45, 2.75) is 19.8 Å². The van der Waals surface area contributed by atoms with E-state index >= 15 is 0 Å². The maximum Gasteiger partial charge on any atom is 0.573 e. The van der Waals surface area contributed by atoms with Crippen LogP contribution >= 0.6 is 24.0 Å². The van der Waals surface area contributed by atoms with Gasteiger partial charge in [-0.05, 0) is 13.0 Å². The normalized spacial score (nSPS) is 17.3. The van der Waals surface area contributed by atoms with Crippen LogP contribution in [0.1, 0.15) is 12.5 Å². The summed E-state index contributed by atoms with van der Waals surface area (Å²) in [6.07, 6.45) is -4.76. The van der Waals surface area contributed by atoms with Crippen LogP contribution in [0.5, 0.6) is 5.75 Å². The van der Waals surface area contributed by atoms with Crippen LogP contribution in [0.4, 0.5) is 13.2 Å². The van der Waals surface area contributed by atoms with Gasteiger partial charge in [-0.1, -0.05) is 18.2 Å². The lowest BCUT2D eigenvalue weighted by Gasteiger charge is -2.26. The zero-order chi connectivity index (χ0) is 20.6. The van der Waals surface area contributed by atoms with Crippen molar-refractivity contribution in [3.63, 3.8) is 0 Å². The van der Waals surface area contributed by atoms with E-state index in [1.807, 2.05) is 11.8 Å². The number of alkyl halides is 3. The topological polar surface area (TPSA) is 83.0 Å². The largest absolute Gasteiger partial charge is 0.573 e. The van der Waals surface area contributed by atoms with Crippen molar-refractivity contribution in [3.8, 4) is 5.75 Å². The molecule has 0 unspecified atom stereocenters. The molecule has 1 aromatic carbocycles. The summed E-state index contributed by atoms with van der Waals surface area (Å²) < 4.78 is 64.4. The highest BCUT2D eigenvalue weighted by atomic mass is 127. The maximum atomic E-state index is 12.5. The molecule has 0 amide bonds. The lowest BCUT2D eigenvalue weighted by molar-refractivity contribution is -0.274. The first-order chi connectivity index (χ1) is 13.2. The molecule has 7 nitrogen and oxygen atoms in total. The summed E-state index contributed by atoms with van der Waals surface area (Å²) in [5.41, 5.74) is 0.318. The van der Waals surface area contributed by atoms with Gasteiger partial charge >= 0.3 is 6.36 Å². The first-order valence-electron chi connectivity index (χ1n) is 8.97. The van der Waals surface area contributed by atoms with Crippen LogP contribution in [-0.4, -0.2) is 69.9 Å². The molecule has 1 aliphatic rings. The molecule has 0 radical (unpaired) electrons. The molecule has 1 fully saturated rings. The third-order valence-electron chi connectivity index (χ3n) is 4.11. The van der Waals surface area contributed by atoms with E-state index in [4.69, 9.17) is 0 Å². The monoisotopic (exact) mass is 550 g/mol. The predicted molar refractivity (Wildman–Crippen MR) is 116 cm³/mol. The number of rotatable bonds is 7. The molecule has 0 aliphatic carbocycles. The Morgan fingerprint density at radius 2 is 1.86 bits per heavy atom. The number of para-hydroxylation sites is 1. The molecule has 1 saturated heterocycles. The fourth-order valence-corrected chi connectivity index (χ4v) is 3.95. The molecular formula is C17H26F3IN4O3S. The van der Waals surface area contributed by atoms with Crippen LogP contribution in [0.3, 0.4) is 0 Å². The summed E-state index contributed by atoms with van der Waals surface area (Å²) in [4.78, 5) is 6.36. The summed E-state index contributed by atoms with van der Waals surface area (Å²) in [5.74, 6) is 0.520. The van der Waals surface area contributed by atoms with E-state index in [2.05, 4.69) is 20.4 Å². The lowest BCUT2D eigenvalue weighted by atomic mass is 10.2. The van der Waals surface area contributed by atoms with Gasteiger partial charge in [0, 0.05) is 38.3 Å². The highest BCUT2D eigenvalue weighted by Crippen LogP contribution is 2.26. The van der Waals surface area contributed by atoms with E-state index in [1.54, 1.807) is 6.07 Å². The van der Waals surface area contributed by atoms with Gasteiger partial charge in [-0.15, -0.1) is 37.1 Å². The number of halogens is 4.